The largest absolute Gasteiger partial charge is 0.394 e. The lowest BCUT2D eigenvalue weighted by Gasteiger charge is -2.32. The maximum Gasteiger partial charge on any atom is 0.162 e. The number of methoxy groups -OCH3 is 1. The highest BCUT2D eigenvalue weighted by Gasteiger charge is 2.51. The highest BCUT2D eigenvalue weighted by molar-refractivity contribution is 6.47. The van der Waals surface area contributed by atoms with Gasteiger partial charge in [0, 0.05) is 13.5 Å². The molecule has 0 spiro atoms. The Bertz CT molecular complexity index is 578. The predicted molar refractivity (Wildman–Crippen MR) is 84.4 cm³/mol. The lowest BCUT2D eigenvalue weighted by atomic mass is 9.99. The number of aliphatic hydroxyl groups excluding tert-OH is 2. The van der Waals surface area contributed by atoms with Gasteiger partial charge in [-0.3, -0.25) is 4.99 Å². The smallest absolute Gasteiger partial charge is 0.162 e. The van der Waals surface area contributed by atoms with Gasteiger partial charge in [0.05, 0.1) is 6.61 Å². The average molecular weight is 323 g/mol. The van der Waals surface area contributed by atoms with Crippen molar-refractivity contribution in [3.05, 3.63) is 12.7 Å². The van der Waals surface area contributed by atoms with E-state index < -0.39 is 30.2 Å². The first-order valence-electron chi connectivity index (χ1n) is 7.36. The van der Waals surface area contributed by atoms with E-state index in [2.05, 4.69) is 21.6 Å². The maximum absolute atomic E-state index is 10.2. The number of ether oxygens (including phenoxy) is 2. The van der Waals surface area contributed by atoms with Gasteiger partial charge >= 0.3 is 0 Å². The van der Waals surface area contributed by atoms with Crippen LogP contribution in [-0.2, 0) is 9.47 Å². The van der Waals surface area contributed by atoms with E-state index in [1.807, 2.05) is 0 Å². The summed E-state index contributed by atoms with van der Waals surface area (Å²) in [4.78, 5) is 14.7. The quantitative estimate of drug-likeness (QED) is 0.527. The minimum Gasteiger partial charge on any atom is -0.394 e. The Kier molecular flexibility index (Phi) is 4.30. The first-order valence-corrected chi connectivity index (χ1v) is 7.36. The number of fused-ring (bicyclic) bond motifs is 1. The molecule has 9 nitrogen and oxygen atoms in total. The summed E-state index contributed by atoms with van der Waals surface area (Å²) in [7, 11) is 1.48. The molecule has 0 aromatic rings. The van der Waals surface area contributed by atoms with Crippen molar-refractivity contribution in [2.75, 3.05) is 20.4 Å². The van der Waals surface area contributed by atoms with Crippen LogP contribution in [0.1, 0.15) is 6.42 Å². The van der Waals surface area contributed by atoms with E-state index in [1.54, 1.807) is 11.0 Å². The molecule has 23 heavy (non-hydrogen) atoms. The summed E-state index contributed by atoms with van der Waals surface area (Å²) >= 11 is 0. The summed E-state index contributed by atoms with van der Waals surface area (Å²) in [6, 6.07) is 0. The molecule has 0 aliphatic carbocycles. The van der Waals surface area contributed by atoms with Crippen LogP contribution in [0.5, 0.6) is 0 Å². The van der Waals surface area contributed by atoms with Gasteiger partial charge in [-0.15, -0.1) is 6.58 Å². The molecular weight excluding hydrogens is 302 g/mol. The fraction of sp³-hybridized carbons (Fsp3) is 0.643. The molecule has 3 heterocycles. The molecule has 1 unspecified atom stereocenters. The number of hydrogen-bond donors (Lipinski definition) is 3. The topological polar surface area (TPSA) is 125 Å². The van der Waals surface area contributed by atoms with Gasteiger partial charge in [0.25, 0.3) is 0 Å². The third-order valence-corrected chi connectivity index (χ3v) is 4.27. The van der Waals surface area contributed by atoms with Crippen molar-refractivity contribution < 1.29 is 19.7 Å². The van der Waals surface area contributed by atoms with Crippen LogP contribution in [0.25, 0.3) is 0 Å². The molecule has 126 valence electrons. The summed E-state index contributed by atoms with van der Waals surface area (Å²) in [5.41, 5.74) is 5.85. The summed E-state index contributed by atoms with van der Waals surface area (Å²) in [5, 5.41) is 19.5. The molecule has 0 radical (unpaired) electrons. The van der Waals surface area contributed by atoms with E-state index in [1.165, 1.54) is 13.4 Å². The van der Waals surface area contributed by atoms with E-state index in [0.717, 1.165) is 0 Å². The Morgan fingerprint density at radius 2 is 2.43 bits per heavy atom. The molecule has 4 N–H and O–H groups in total. The number of rotatable bonds is 5. The number of hydrogen-bond acceptors (Lipinski definition) is 9. The van der Waals surface area contributed by atoms with Gasteiger partial charge in [-0.05, 0) is 0 Å². The molecule has 0 saturated carbocycles. The molecule has 1 saturated heterocycles. The second-order valence-corrected chi connectivity index (χ2v) is 5.67. The predicted octanol–water partition coefficient (Wildman–Crippen LogP) is -1.53. The SMILES string of the molecule is C=CCC1(N)N=CN=C2C1=NCN2[C@@H]1O[C@H](CO)[C@@H](O)[C@H]1OC. The van der Waals surface area contributed by atoms with Crippen molar-refractivity contribution in [1.29, 1.82) is 0 Å². The zero-order valence-corrected chi connectivity index (χ0v) is 12.9. The van der Waals surface area contributed by atoms with Gasteiger partial charge in [-0.1, -0.05) is 6.08 Å². The van der Waals surface area contributed by atoms with E-state index >= 15 is 0 Å². The van der Waals surface area contributed by atoms with Gasteiger partial charge in [0.2, 0.25) is 0 Å². The molecule has 5 atom stereocenters. The third-order valence-electron chi connectivity index (χ3n) is 4.27. The van der Waals surface area contributed by atoms with Gasteiger partial charge in [0.15, 0.2) is 17.7 Å². The van der Waals surface area contributed by atoms with E-state index in [-0.39, 0.29) is 13.3 Å². The normalized spacial score (nSPS) is 39.2. The second-order valence-electron chi connectivity index (χ2n) is 5.67. The minimum absolute atomic E-state index is 0.267. The Hall–Kier alpha value is -1.65. The molecular formula is C14H21N5O4. The van der Waals surface area contributed by atoms with E-state index in [4.69, 9.17) is 15.2 Å². The molecule has 0 aromatic heterocycles. The van der Waals surface area contributed by atoms with Crippen LogP contribution in [0.15, 0.2) is 27.6 Å². The molecule has 0 amide bonds. The van der Waals surface area contributed by atoms with Crippen LogP contribution in [-0.4, -0.2) is 83.6 Å². The Morgan fingerprint density at radius 1 is 1.65 bits per heavy atom. The number of nitrogens with two attached hydrogens (primary N) is 1. The fourth-order valence-electron chi connectivity index (χ4n) is 3.08. The zero-order valence-electron chi connectivity index (χ0n) is 12.9. The molecule has 3 rings (SSSR count). The van der Waals surface area contributed by atoms with Gasteiger partial charge in [-0.2, -0.15) is 0 Å². The summed E-state index contributed by atoms with van der Waals surface area (Å²) in [6.45, 7) is 3.66. The monoisotopic (exact) mass is 323 g/mol. The molecule has 0 aromatic carbocycles. The second kappa shape index (κ2) is 6.10. The van der Waals surface area contributed by atoms with Crippen LogP contribution in [0.3, 0.4) is 0 Å². The first kappa shape index (κ1) is 16.2. The zero-order chi connectivity index (χ0) is 16.6. The minimum atomic E-state index is -0.996. The van der Waals surface area contributed by atoms with Crippen LogP contribution in [0.4, 0.5) is 0 Å². The third kappa shape index (κ3) is 2.50. The lowest BCUT2D eigenvalue weighted by molar-refractivity contribution is -0.0765. The van der Waals surface area contributed by atoms with Crippen LogP contribution in [0.2, 0.25) is 0 Å². The average Bonchev–Trinajstić information content (AvgIpc) is 3.09. The van der Waals surface area contributed by atoms with Crippen LogP contribution < -0.4 is 5.73 Å². The van der Waals surface area contributed by atoms with Crippen molar-refractivity contribution in [2.45, 2.75) is 36.6 Å². The van der Waals surface area contributed by atoms with Gasteiger partial charge < -0.3 is 30.3 Å². The lowest BCUT2D eigenvalue weighted by Crippen LogP contribution is -2.55. The van der Waals surface area contributed by atoms with E-state index in [0.29, 0.717) is 18.0 Å². The standard InChI is InChI=1S/C14H21N5O4/c1-3-4-14(15)11-12(16-6-18-14)19(7-17-11)13-10(22-2)9(21)8(5-20)23-13/h3,6,8-10,13,20-21H,1,4-5,7,15H2,2H3/t8-,9-,10-,13-,14?/m1/s1. The number of amidine groups is 1. The Morgan fingerprint density at radius 3 is 3.09 bits per heavy atom. The molecule has 3 aliphatic rings. The molecule has 0 bridgehead atoms. The van der Waals surface area contributed by atoms with Crippen LogP contribution in [0, 0.1) is 0 Å². The highest BCUT2D eigenvalue weighted by atomic mass is 16.6. The van der Waals surface area contributed by atoms with Gasteiger partial charge in [0.1, 0.15) is 37.0 Å². The molecule has 3 aliphatic heterocycles. The number of aliphatic hydroxyl groups is 2. The highest BCUT2D eigenvalue weighted by Crippen LogP contribution is 2.30. The van der Waals surface area contributed by atoms with E-state index in [9.17, 15) is 10.2 Å². The van der Waals surface area contributed by atoms with Crippen molar-refractivity contribution >= 4 is 17.9 Å². The number of aliphatic imine (C=N–C) groups is 3. The Labute approximate surface area is 133 Å². The maximum atomic E-state index is 10.2. The Balaban J connectivity index is 1.86. The van der Waals surface area contributed by atoms with Crippen LogP contribution >= 0.6 is 0 Å². The summed E-state index contributed by atoms with van der Waals surface area (Å²) in [5.74, 6) is 0.544. The first-order chi connectivity index (χ1) is 11.1. The summed E-state index contributed by atoms with van der Waals surface area (Å²) in [6.07, 6.45) is 0.599. The molecule has 1 fully saturated rings. The van der Waals surface area contributed by atoms with Crippen molar-refractivity contribution in [3.63, 3.8) is 0 Å². The number of nitrogens with zero attached hydrogens (tertiary/aromatic N) is 4. The van der Waals surface area contributed by atoms with Crippen molar-refractivity contribution in [2.24, 2.45) is 20.7 Å². The molecule has 9 heteroatoms. The van der Waals surface area contributed by atoms with Gasteiger partial charge in [-0.25, -0.2) is 9.98 Å². The summed E-state index contributed by atoms with van der Waals surface area (Å²) < 4.78 is 11.1. The van der Waals surface area contributed by atoms with Crippen molar-refractivity contribution in [3.8, 4) is 0 Å². The fourth-order valence-corrected chi connectivity index (χ4v) is 3.08. The van der Waals surface area contributed by atoms with Crippen molar-refractivity contribution in [1.82, 2.24) is 4.90 Å².